The van der Waals surface area contributed by atoms with E-state index >= 15 is 0 Å². The average molecular weight is 319 g/mol. The summed E-state index contributed by atoms with van der Waals surface area (Å²) < 4.78 is 20.8. The Hall–Kier alpha value is -2.75. The Labute approximate surface area is 125 Å². The fraction of sp³-hybridized carbons (Fsp3) is 0.167. The van der Waals surface area contributed by atoms with Crippen molar-refractivity contribution in [1.82, 2.24) is 24.5 Å². The maximum atomic E-state index is 12.1. The van der Waals surface area contributed by atoms with Gasteiger partial charge in [-0.1, -0.05) is 0 Å². The molecule has 3 aromatic rings. The maximum absolute atomic E-state index is 12.1. The number of pyridine rings is 1. The van der Waals surface area contributed by atoms with Crippen LogP contribution in [0.5, 0.6) is 0 Å². The van der Waals surface area contributed by atoms with Gasteiger partial charge in [-0.2, -0.15) is 4.98 Å². The predicted octanol–water partition coefficient (Wildman–Crippen LogP) is 0.181. The Bertz CT molecular complexity index is 1010. The summed E-state index contributed by atoms with van der Waals surface area (Å²) >= 11 is 0. The largest absolute Gasteiger partial charge is 0.382 e. The molecule has 0 saturated heterocycles. The van der Waals surface area contributed by atoms with Gasteiger partial charge in [0.1, 0.15) is 15.2 Å². The van der Waals surface area contributed by atoms with Crippen molar-refractivity contribution in [2.45, 2.75) is 11.7 Å². The van der Waals surface area contributed by atoms with Crippen LogP contribution in [-0.4, -0.2) is 35.0 Å². The molecule has 0 bridgehead atoms. The number of H-pyrrole nitrogens is 1. The first-order chi connectivity index (χ1) is 10.4. The zero-order chi connectivity index (χ0) is 15.9. The molecule has 10 heteroatoms. The second-order valence-electron chi connectivity index (χ2n) is 4.81. The van der Waals surface area contributed by atoms with Gasteiger partial charge in [-0.3, -0.25) is 9.55 Å². The van der Waals surface area contributed by atoms with Gasteiger partial charge in [0.05, 0.1) is 6.54 Å². The normalized spacial score (nSPS) is 14.0. The number of aromatic nitrogens is 5. The lowest BCUT2D eigenvalue weighted by Gasteiger charge is -2.05. The summed E-state index contributed by atoms with van der Waals surface area (Å²) in [5.41, 5.74) is 6.72. The van der Waals surface area contributed by atoms with Crippen LogP contribution in [0.15, 0.2) is 34.5 Å². The molecule has 0 aliphatic heterocycles. The van der Waals surface area contributed by atoms with E-state index in [1.165, 1.54) is 10.8 Å². The van der Waals surface area contributed by atoms with E-state index < -0.39 is 15.4 Å². The Morgan fingerprint density at radius 1 is 1.36 bits per heavy atom. The molecule has 3 aromatic heterocycles. The van der Waals surface area contributed by atoms with Crippen molar-refractivity contribution in [1.29, 1.82) is 4.78 Å². The minimum absolute atomic E-state index is 0.00703. The molecule has 0 aromatic carbocycles. The molecule has 9 nitrogen and oxygen atoms in total. The van der Waals surface area contributed by atoms with Crippen LogP contribution < -0.4 is 11.4 Å². The van der Waals surface area contributed by atoms with E-state index in [1.807, 2.05) is 0 Å². The third-order valence-electron chi connectivity index (χ3n) is 3.07. The topological polar surface area (TPSA) is 143 Å². The lowest BCUT2D eigenvalue weighted by Crippen LogP contribution is -2.18. The van der Waals surface area contributed by atoms with E-state index in [9.17, 15) is 9.00 Å². The van der Waals surface area contributed by atoms with Crippen LogP contribution in [0.2, 0.25) is 0 Å². The van der Waals surface area contributed by atoms with Gasteiger partial charge in [-0.05, 0) is 17.7 Å². The quantitative estimate of drug-likeness (QED) is 0.587. The first-order valence-electron chi connectivity index (χ1n) is 6.25. The van der Waals surface area contributed by atoms with Crippen LogP contribution in [0, 0.1) is 4.78 Å². The van der Waals surface area contributed by atoms with Crippen molar-refractivity contribution in [3.05, 3.63) is 40.6 Å². The number of nitrogen functional groups attached to an aromatic ring is 1. The third kappa shape index (κ3) is 2.44. The molecule has 1 unspecified atom stereocenters. The van der Waals surface area contributed by atoms with E-state index in [0.29, 0.717) is 0 Å². The summed E-state index contributed by atoms with van der Waals surface area (Å²) in [4.78, 5) is 26.5. The lowest BCUT2D eigenvalue weighted by molar-refractivity contribution is 0.671. The number of rotatable bonds is 3. The Kier molecular flexibility index (Phi) is 3.17. The molecule has 0 spiro atoms. The molecule has 114 valence electrons. The Balaban J connectivity index is 2.24. The van der Waals surface area contributed by atoms with E-state index in [0.717, 1.165) is 5.56 Å². The number of aromatic amines is 1. The number of anilines is 1. The smallest absolute Gasteiger partial charge is 0.328 e. The second-order valence-corrected chi connectivity index (χ2v) is 6.86. The highest BCUT2D eigenvalue weighted by molar-refractivity contribution is 7.91. The number of nitrogens with two attached hydrogens (primary N) is 1. The molecule has 3 heterocycles. The van der Waals surface area contributed by atoms with Crippen molar-refractivity contribution < 1.29 is 4.21 Å². The molecule has 4 N–H and O–H groups in total. The lowest BCUT2D eigenvalue weighted by atomic mass is 10.3. The number of hydrogen-bond donors (Lipinski definition) is 3. The summed E-state index contributed by atoms with van der Waals surface area (Å²) in [7, 11) is -3.14. The molecule has 0 aliphatic rings. The third-order valence-corrected chi connectivity index (χ3v) is 3.95. The fourth-order valence-corrected chi connectivity index (χ4v) is 2.56. The molecule has 0 amide bonds. The monoisotopic (exact) mass is 319 g/mol. The standard InChI is InChI=1S/C12H13N7O2S/c1-22(14,21)11-17-9(13)8-10(18-11)19(12(20)16-8)6-7-2-4-15-5-3-7/h2-5,14H,6H2,1H3,(H,16,20)(H2,13,17,18). The van der Waals surface area contributed by atoms with Crippen molar-refractivity contribution in [2.75, 3.05) is 12.0 Å². The average Bonchev–Trinajstić information content (AvgIpc) is 2.77. The molecule has 0 fully saturated rings. The van der Waals surface area contributed by atoms with Gasteiger partial charge >= 0.3 is 5.69 Å². The molecular formula is C12H13N7O2S. The minimum Gasteiger partial charge on any atom is -0.382 e. The number of fused-ring (bicyclic) bond motifs is 1. The molecule has 0 saturated carbocycles. The number of nitrogens with one attached hydrogen (secondary N) is 2. The van der Waals surface area contributed by atoms with Crippen LogP contribution in [0.4, 0.5) is 5.82 Å². The van der Waals surface area contributed by atoms with E-state index in [-0.39, 0.29) is 28.7 Å². The second kappa shape index (κ2) is 4.91. The highest BCUT2D eigenvalue weighted by Crippen LogP contribution is 2.17. The van der Waals surface area contributed by atoms with Crippen molar-refractivity contribution in [3.8, 4) is 0 Å². The Morgan fingerprint density at radius 2 is 2.05 bits per heavy atom. The van der Waals surface area contributed by atoms with Gasteiger partial charge < -0.3 is 10.7 Å². The molecule has 0 radical (unpaired) electrons. The van der Waals surface area contributed by atoms with Gasteiger partial charge in [-0.25, -0.2) is 18.8 Å². The summed E-state index contributed by atoms with van der Waals surface area (Å²) in [6, 6.07) is 3.54. The van der Waals surface area contributed by atoms with Crippen LogP contribution in [0.1, 0.15) is 5.56 Å². The Morgan fingerprint density at radius 3 is 2.68 bits per heavy atom. The SMILES string of the molecule is CS(=N)(=O)c1nc(N)c2[nH]c(=O)n(Cc3ccncc3)c2n1. The van der Waals surface area contributed by atoms with Crippen LogP contribution >= 0.6 is 0 Å². The zero-order valence-electron chi connectivity index (χ0n) is 11.6. The highest BCUT2D eigenvalue weighted by Gasteiger charge is 2.17. The van der Waals surface area contributed by atoms with E-state index in [4.69, 9.17) is 10.5 Å². The minimum atomic E-state index is -3.14. The molecule has 22 heavy (non-hydrogen) atoms. The zero-order valence-corrected chi connectivity index (χ0v) is 12.4. The number of hydrogen-bond acceptors (Lipinski definition) is 7. The maximum Gasteiger partial charge on any atom is 0.328 e. The fourth-order valence-electron chi connectivity index (χ4n) is 2.02. The summed E-state index contributed by atoms with van der Waals surface area (Å²) in [5, 5.41) is -0.194. The van der Waals surface area contributed by atoms with Gasteiger partial charge in [-0.15, -0.1) is 0 Å². The number of nitrogens with zero attached hydrogens (tertiary/aromatic N) is 4. The predicted molar refractivity (Wildman–Crippen MR) is 81.0 cm³/mol. The molecular weight excluding hydrogens is 306 g/mol. The summed E-state index contributed by atoms with van der Waals surface area (Å²) in [6.07, 6.45) is 4.44. The molecule has 1 atom stereocenters. The molecule has 0 aliphatic carbocycles. The van der Waals surface area contributed by atoms with Crippen molar-refractivity contribution in [2.24, 2.45) is 0 Å². The van der Waals surface area contributed by atoms with Crippen molar-refractivity contribution in [3.63, 3.8) is 0 Å². The number of imidazole rings is 1. The van der Waals surface area contributed by atoms with Crippen LogP contribution in [-0.2, 0) is 16.3 Å². The van der Waals surface area contributed by atoms with Gasteiger partial charge in [0.25, 0.3) is 0 Å². The molecule has 3 rings (SSSR count). The van der Waals surface area contributed by atoms with E-state index in [1.54, 1.807) is 24.5 Å². The van der Waals surface area contributed by atoms with Gasteiger partial charge in [0.15, 0.2) is 11.5 Å². The highest BCUT2D eigenvalue weighted by atomic mass is 32.2. The first kappa shape index (κ1) is 14.2. The van der Waals surface area contributed by atoms with Gasteiger partial charge in [0, 0.05) is 18.6 Å². The van der Waals surface area contributed by atoms with Crippen LogP contribution in [0.3, 0.4) is 0 Å². The van der Waals surface area contributed by atoms with Crippen LogP contribution in [0.25, 0.3) is 11.2 Å². The summed E-state index contributed by atoms with van der Waals surface area (Å²) in [5.74, 6) is -0.00703. The summed E-state index contributed by atoms with van der Waals surface area (Å²) in [6.45, 7) is 0.250. The first-order valence-corrected chi connectivity index (χ1v) is 8.21. The van der Waals surface area contributed by atoms with E-state index in [2.05, 4.69) is 19.9 Å². The van der Waals surface area contributed by atoms with Crippen molar-refractivity contribution >= 4 is 26.7 Å². The van der Waals surface area contributed by atoms with Gasteiger partial charge in [0.2, 0.25) is 5.16 Å².